The third-order valence-electron chi connectivity index (χ3n) is 4.24. The van der Waals surface area contributed by atoms with Crippen LogP contribution in [0.15, 0.2) is 58.7 Å². The zero-order chi connectivity index (χ0) is 20.8. The predicted octanol–water partition coefficient (Wildman–Crippen LogP) is 4.38. The van der Waals surface area contributed by atoms with E-state index in [9.17, 15) is 9.18 Å². The van der Waals surface area contributed by atoms with E-state index in [2.05, 4.69) is 23.4 Å². The number of carbonyl (C=O) groups excluding carboxylic acids is 1. The highest BCUT2D eigenvalue weighted by Gasteiger charge is 2.21. The van der Waals surface area contributed by atoms with Crippen LogP contribution in [-0.2, 0) is 17.7 Å². The van der Waals surface area contributed by atoms with Crippen molar-refractivity contribution < 1.29 is 13.9 Å². The Morgan fingerprint density at radius 2 is 2.03 bits per heavy atom. The van der Waals surface area contributed by atoms with Gasteiger partial charge in [-0.2, -0.15) is 0 Å². The first kappa shape index (κ1) is 20.9. The molecule has 29 heavy (non-hydrogen) atoms. The molecule has 152 valence electrons. The molecule has 3 aromatic rings. The lowest BCUT2D eigenvalue weighted by atomic mass is 10.1. The first-order valence-corrected chi connectivity index (χ1v) is 10.1. The van der Waals surface area contributed by atoms with Gasteiger partial charge in [-0.25, -0.2) is 14.2 Å². The van der Waals surface area contributed by atoms with Crippen LogP contribution >= 0.6 is 11.8 Å². The molecule has 0 spiro atoms. The number of ether oxygens (including phenoxy) is 1. The van der Waals surface area contributed by atoms with Gasteiger partial charge in [0.05, 0.1) is 5.69 Å². The topological polar surface area (TPSA) is 83.0 Å². The number of benzene rings is 1. The number of pyridine rings is 1. The van der Waals surface area contributed by atoms with Gasteiger partial charge in [-0.15, -0.1) is 0 Å². The highest BCUT2D eigenvalue weighted by molar-refractivity contribution is 7.99. The van der Waals surface area contributed by atoms with Crippen LogP contribution in [0.5, 0.6) is 0 Å². The molecule has 2 aromatic heterocycles. The zero-order valence-corrected chi connectivity index (χ0v) is 17.2. The van der Waals surface area contributed by atoms with Crippen LogP contribution in [0, 0.1) is 5.82 Å². The average Bonchev–Trinajstić information content (AvgIpc) is 3.00. The first-order valence-electron chi connectivity index (χ1n) is 9.28. The summed E-state index contributed by atoms with van der Waals surface area (Å²) < 4.78 is 20.7. The van der Waals surface area contributed by atoms with Crippen LogP contribution in [0.4, 0.5) is 9.18 Å². The number of rotatable bonds is 8. The van der Waals surface area contributed by atoms with Crippen LogP contribution in [0.25, 0.3) is 0 Å². The van der Waals surface area contributed by atoms with E-state index < -0.39 is 6.09 Å². The molecule has 6 nitrogen and oxygen atoms in total. The summed E-state index contributed by atoms with van der Waals surface area (Å²) in [6, 6.07) is 10.4. The molecule has 0 fully saturated rings. The minimum atomic E-state index is -0.810. The Labute approximate surface area is 173 Å². The lowest BCUT2D eigenvalue weighted by molar-refractivity contribution is 0.157. The van der Waals surface area contributed by atoms with Gasteiger partial charge in [0.1, 0.15) is 23.3 Å². The Balaban J connectivity index is 2.01. The number of nitrogens with two attached hydrogens (primary N) is 1. The summed E-state index contributed by atoms with van der Waals surface area (Å²) in [6.07, 6.45) is 3.10. The van der Waals surface area contributed by atoms with Gasteiger partial charge in [-0.1, -0.05) is 31.7 Å². The molecule has 0 aliphatic heterocycles. The number of halogens is 1. The van der Waals surface area contributed by atoms with E-state index in [1.165, 1.54) is 23.9 Å². The molecule has 0 aliphatic rings. The lowest BCUT2D eigenvalue weighted by Gasteiger charge is -2.13. The van der Waals surface area contributed by atoms with Gasteiger partial charge >= 0.3 is 6.09 Å². The third kappa shape index (κ3) is 5.57. The number of hydrogen-bond acceptors (Lipinski definition) is 5. The minimum absolute atomic E-state index is 0.143. The Kier molecular flexibility index (Phi) is 6.87. The summed E-state index contributed by atoms with van der Waals surface area (Å²) in [5, 5.41) is 0.941. The summed E-state index contributed by atoms with van der Waals surface area (Å²) in [5.74, 6) is 0.669. The van der Waals surface area contributed by atoms with Crippen molar-refractivity contribution in [3.63, 3.8) is 0 Å². The second-order valence-corrected chi connectivity index (χ2v) is 7.85. The Bertz CT molecular complexity index is 976. The van der Waals surface area contributed by atoms with Crippen molar-refractivity contribution in [3.8, 4) is 0 Å². The van der Waals surface area contributed by atoms with E-state index in [4.69, 9.17) is 15.5 Å². The van der Waals surface area contributed by atoms with Gasteiger partial charge in [0.15, 0.2) is 0 Å². The number of amides is 1. The van der Waals surface area contributed by atoms with Gasteiger partial charge in [0, 0.05) is 30.3 Å². The monoisotopic (exact) mass is 414 g/mol. The quantitative estimate of drug-likeness (QED) is 0.591. The summed E-state index contributed by atoms with van der Waals surface area (Å²) >= 11 is 1.48. The average molecular weight is 415 g/mol. The van der Waals surface area contributed by atoms with Crippen molar-refractivity contribution in [2.45, 2.75) is 42.7 Å². The number of hydrogen-bond donors (Lipinski definition) is 1. The molecular weight excluding hydrogens is 391 g/mol. The lowest BCUT2D eigenvalue weighted by Crippen LogP contribution is -2.16. The Morgan fingerprint density at radius 3 is 2.69 bits per heavy atom. The van der Waals surface area contributed by atoms with Gasteiger partial charge in [-0.3, -0.25) is 4.98 Å². The normalized spacial score (nSPS) is 11.0. The molecule has 0 saturated heterocycles. The molecule has 0 radical (unpaired) electrons. The van der Waals surface area contributed by atoms with Crippen molar-refractivity contribution in [2.24, 2.45) is 5.73 Å². The maximum absolute atomic E-state index is 13.7. The van der Waals surface area contributed by atoms with Crippen molar-refractivity contribution in [1.29, 1.82) is 0 Å². The third-order valence-corrected chi connectivity index (χ3v) is 5.36. The Hall–Kier alpha value is -2.87. The van der Waals surface area contributed by atoms with Crippen molar-refractivity contribution in [1.82, 2.24) is 14.5 Å². The standard InChI is InChI=1S/C21H23FN4O2S/c1-14(2)19-20(29-17-5-3-4-16(22)12-17)26(13-15-6-9-24-10-7-15)18(25-19)8-11-28-21(23)27/h3-7,9-10,12,14H,8,11,13H2,1-2H3,(H2,23,27). The fraction of sp³-hybridized carbons (Fsp3) is 0.286. The van der Waals surface area contributed by atoms with Gasteiger partial charge in [0.25, 0.3) is 0 Å². The summed E-state index contributed by atoms with van der Waals surface area (Å²) in [6.45, 7) is 4.85. The second-order valence-electron chi connectivity index (χ2n) is 6.79. The van der Waals surface area contributed by atoms with Crippen LogP contribution in [0.1, 0.15) is 36.8 Å². The molecule has 0 aliphatic carbocycles. The molecular formula is C21H23FN4O2S. The predicted molar refractivity (Wildman–Crippen MR) is 109 cm³/mol. The smallest absolute Gasteiger partial charge is 0.404 e. The molecule has 0 atom stereocenters. The van der Waals surface area contributed by atoms with E-state index >= 15 is 0 Å². The zero-order valence-electron chi connectivity index (χ0n) is 16.3. The number of imidazole rings is 1. The van der Waals surface area contributed by atoms with Crippen molar-refractivity contribution in [2.75, 3.05) is 6.61 Å². The van der Waals surface area contributed by atoms with E-state index in [-0.39, 0.29) is 18.3 Å². The van der Waals surface area contributed by atoms with Gasteiger partial charge < -0.3 is 15.0 Å². The highest BCUT2D eigenvalue weighted by atomic mass is 32.2. The SMILES string of the molecule is CC(C)c1nc(CCOC(N)=O)n(Cc2ccncc2)c1Sc1cccc(F)c1. The summed E-state index contributed by atoms with van der Waals surface area (Å²) in [5.41, 5.74) is 7.06. The van der Waals surface area contributed by atoms with Gasteiger partial charge in [0.2, 0.25) is 0 Å². The maximum atomic E-state index is 13.7. The molecule has 0 saturated carbocycles. The molecule has 3 rings (SSSR count). The molecule has 1 aromatic carbocycles. The second kappa shape index (κ2) is 9.56. The summed E-state index contributed by atoms with van der Waals surface area (Å²) in [7, 11) is 0. The van der Waals surface area contributed by atoms with Crippen LogP contribution in [0.2, 0.25) is 0 Å². The number of nitrogens with zero attached hydrogens (tertiary/aromatic N) is 3. The van der Waals surface area contributed by atoms with Gasteiger partial charge in [-0.05, 0) is 41.8 Å². The first-order chi connectivity index (χ1) is 13.9. The largest absolute Gasteiger partial charge is 0.449 e. The molecule has 2 heterocycles. The molecule has 1 amide bonds. The van der Waals surface area contributed by atoms with E-state index in [0.29, 0.717) is 13.0 Å². The Morgan fingerprint density at radius 1 is 1.28 bits per heavy atom. The van der Waals surface area contributed by atoms with Crippen molar-refractivity contribution in [3.05, 3.63) is 71.7 Å². The van der Waals surface area contributed by atoms with Crippen LogP contribution in [-0.4, -0.2) is 27.2 Å². The maximum Gasteiger partial charge on any atom is 0.404 e. The van der Waals surface area contributed by atoms with E-state index in [1.54, 1.807) is 18.5 Å². The number of aromatic nitrogens is 3. The molecule has 0 bridgehead atoms. The van der Waals surface area contributed by atoms with Crippen LogP contribution in [0.3, 0.4) is 0 Å². The highest BCUT2D eigenvalue weighted by Crippen LogP contribution is 2.35. The fourth-order valence-corrected chi connectivity index (χ4v) is 4.10. The molecule has 0 unspecified atom stereocenters. The van der Waals surface area contributed by atoms with Crippen molar-refractivity contribution >= 4 is 17.9 Å². The summed E-state index contributed by atoms with van der Waals surface area (Å²) in [4.78, 5) is 20.6. The van der Waals surface area contributed by atoms with E-state index in [0.717, 1.165) is 27.0 Å². The fourth-order valence-electron chi connectivity index (χ4n) is 2.90. The number of carbonyl (C=O) groups is 1. The molecule has 8 heteroatoms. The van der Waals surface area contributed by atoms with Crippen LogP contribution < -0.4 is 5.73 Å². The van der Waals surface area contributed by atoms with E-state index in [1.807, 2.05) is 18.2 Å². The minimum Gasteiger partial charge on any atom is -0.449 e. The molecule has 2 N–H and O–H groups in total. The number of primary amides is 1.